The van der Waals surface area contributed by atoms with Crippen LogP contribution in [-0.2, 0) is 25.7 Å². The molecular formula is C74H78ClFN20O9S. The molecule has 0 aliphatic carbocycles. The molecule has 548 valence electrons. The van der Waals surface area contributed by atoms with E-state index in [-0.39, 0.29) is 75.1 Å². The van der Waals surface area contributed by atoms with Crippen LogP contribution >= 0.6 is 23.4 Å². The molecule has 0 fully saturated rings. The number of thioether (sulfide) groups is 1. The molecule has 32 heteroatoms. The Bertz CT molecular complexity index is 5350. The second-order valence-corrected chi connectivity index (χ2v) is 25.1. The van der Waals surface area contributed by atoms with Gasteiger partial charge in [0.05, 0.1) is 63.7 Å². The largest absolute Gasteiger partial charge is 0.496 e. The molecule has 0 saturated heterocycles. The molecule has 8 N–H and O–H groups in total. The quantitative estimate of drug-likeness (QED) is 0.0370. The number of carbonyl (C=O) groups is 4. The Kier molecular flexibility index (Phi) is 25.4. The second-order valence-electron chi connectivity index (χ2n) is 23.8. The molecule has 29 nitrogen and oxygen atoms in total. The number of nitrogens with one attached hydrogen (secondary N) is 8. The van der Waals surface area contributed by atoms with Gasteiger partial charge >= 0.3 is 0 Å². The monoisotopic (exact) mass is 1480 g/mol. The van der Waals surface area contributed by atoms with E-state index in [0.717, 1.165) is 4.90 Å². The SMILES string of the molecule is CCc1c(C)nc(-n2nc(C)cc2NC(=O)c2ccccc2F)[nH]c1=O.CCc1nc(-n2nc(C)cc2NC(=O)c2ccc(Cl)cc2)[nH]c(=O)c1C.CCc1nc(-n2nc(C)cc2NC(=O)c2ccccc2OC)[nH]c(=O)c1C.CCc1nc(-n2nc(C)cc2NC(=O)c2ccccc2SC)[nH]c(=O)c1C. The summed E-state index contributed by atoms with van der Waals surface area (Å²) < 4.78 is 24.7. The molecule has 4 amide bonds. The zero-order chi connectivity index (χ0) is 76.8. The van der Waals surface area contributed by atoms with E-state index in [0.29, 0.717) is 138 Å². The van der Waals surface area contributed by atoms with Crippen LogP contribution in [0.5, 0.6) is 5.75 Å². The van der Waals surface area contributed by atoms with E-state index in [1.807, 2.05) is 59.1 Å². The summed E-state index contributed by atoms with van der Waals surface area (Å²) in [4.78, 5) is 129. The van der Waals surface area contributed by atoms with Gasteiger partial charge in [0.15, 0.2) is 0 Å². The van der Waals surface area contributed by atoms with E-state index < -0.39 is 11.7 Å². The number of halogens is 2. The van der Waals surface area contributed by atoms with E-state index in [2.05, 4.69) is 81.5 Å². The van der Waals surface area contributed by atoms with Crippen LogP contribution in [0.1, 0.15) is 137 Å². The summed E-state index contributed by atoms with van der Waals surface area (Å²) >= 11 is 7.36. The maximum Gasteiger partial charge on any atom is 0.260 e. The Balaban J connectivity index is 0.000000163. The van der Waals surface area contributed by atoms with Crippen molar-refractivity contribution in [3.05, 3.63) is 264 Å². The Morgan fingerprint density at radius 3 is 1.19 bits per heavy atom. The lowest BCUT2D eigenvalue weighted by atomic mass is 10.2. The number of benzene rings is 4. The molecular weight excluding hydrogens is 1400 g/mol. The maximum absolute atomic E-state index is 13.8. The molecule has 0 aliphatic heterocycles. The molecule has 0 saturated carbocycles. The molecule has 0 aliphatic rings. The van der Waals surface area contributed by atoms with Crippen molar-refractivity contribution < 1.29 is 28.3 Å². The van der Waals surface area contributed by atoms with E-state index >= 15 is 0 Å². The first-order valence-electron chi connectivity index (χ1n) is 33.4. The van der Waals surface area contributed by atoms with Gasteiger partial charge in [0, 0.05) is 67.7 Å². The molecule has 0 radical (unpaired) electrons. The van der Waals surface area contributed by atoms with Gasteiger partial charge in [-0.25, -0.2) is 24.3 Å². The average molecular weight is 1480 g/mol. The van der Waals surface area contributed by atoms with Crippen molar-refractivity contribution in [3.8, 4) is 29.5 Å². The fourth-order valence-electron chi connectivity index (χ4n) is 10.8. The predicted molar refractivity (Wildman–Crippen MR) is 404 cm³/mol. The van der Waals surface area contributed by atoms with Gasteiger partial charge in [-0.2, -0.15) is 39.1 Å². The number of carbonyl (C=O) groups excluding carboxylic acids is 4. The lowest BCUT2D eigenvalue weighted by molar-refractivity contribution is 0.101. The van der Waals surface area contributed by atoms with Crippen LogP contribution in [0.15, 0.2) is 145 Å². The van der Waals surface area contributed by atoms with Gasteiger partial charge < -0.3 is 26.0 Å². The van der Waals surface area contributed by atoms with E-state index in [1.165, 1.54) is 55.8 Å². The first kappa shape index (κ1) is 77.6. The number of nitrogens with zero attached hydrogens (tertiary/aromatic N) is 12. The number of rotatable bonds is 18. The standard InChI is InChI=1S/C19H21N5O3.C19H21N5O2S.C18H18ClN5O2.C18H18FN5O2/c2*1-5-14-12(3)17(25)22-19(20-14)24-16(10-11(2)23-24)21-18(26)13-8-6-7-9-15(13)27-4;1-4-14-11(3)16(25)22-18(20-14)24-15(9-10(2)23-24)21-17(26)12-5-7-13(19)8-6-12;1-4-12-11(3)20-18(22-16(12)25)24-15(9-10(2)23-24)21-17(26)13-7-5-6-8-14(13)19/h2*6-10H,5H2,1-4H3,(H,21,26)(H,20,22,25);2*5-9H,4H2,1-3H3,(H,21,26)(H,20,22,25). The van der Waals surface area contributed by atoms with E-state index in [4.69, 9.17) is 16.3 Å². The topological polar surface area (TPSA) is 380 Å². The highest BCUT2D eigenvalue weighted by Crippen LogP contribution is 2.26. The van der Waals surface area contributed by atoms with Crippen LogP contribution in [0.4, 0.5) is 27.7 Å². The molecule has 106 heavy (non-hydrogen) atoms. The highest BCUT2D eigenvalue weighted by Gasteiger charge is 2.23. The molecule has 8 aromatic heterocycles. The van der Waals surface area contributed by atoms with Crippen molar-refractivity contribution >= 4 is 70.3 Å². The molecule has 8 heterocycles. The third kappa shape index (κ3) is 18.3. The summed E-state index contributed by atoms with van der Waals surface area (Å²) in [6.07, 6.45) is 4.35. The fraction of sp³-hybridized carbons (Fsp3) is 0.243. The summed E-state index contributed by atoms with van der Waals surface area (Å²) in [6, 6.07) is 33.3. The molecule has 0 unspecified atom stereocenters. The fourth-order valence-corrected chi connectivity index (χ4v) is 11.5. The summed E-state index contributed by atoms with van der Waals surface area (Å²) in [6.45, 7) is 21.7. The van der Waals surface area contributed by atoms with Crippen LogP contribution < -0.4 is 48.2 Å². The molecule has 0 spiro atoms. The number of aryl methyl sites for hydroxylation is 8. The Morgan fingerprint density at radius 1 is 0.453 bits per heavy atom. The van der Waals surface area contributed by atoms with Crippen molar-refractivity contribution in [2.45, 2.75) is 114 Å². The van der Waals surface area contributed by atoms with Crippen molar-refractivity contribution in [1.82, 2.24) is 79.0 Å². The van der Waals surface area contributed by atoms with Crippen LogP contribution in [0.25, 0.3) is 23.8 Å². The number of para-hydroxylation sites is 1. The number of H-pyrrole nitrogens is 4. The normalized spacial score (nSPS) is 10.8. The minimum atomic E-state index is -0.623. The smallest absolute Gasteiger partial charge is 0.260 e. The van der Waals surface area contributed by atoms with Crippen molar-refractivity contribution in [1.29, 1.82) is 0 Å². The minimum Gasteiger partial charge on any atom is -0.496 e. The van der Waals surface area contributed by atoms with Crippen LogP contribution in [-0.4, -0.2) is 116 Å². The zero-order valence-corrected chi connectivity index (χ0v) is 62.2. The third-order valence-corrected chi connectivity index (χ3v) is 17.4. The molecule has 12 rings (SSSR count). The number of methoxy groups -OCH3 is 1. The number of ether oxygens (including phenoxy) is 1. The Morgan fingerprint density at radius 2 is 0.802 bits per heavy atom. The molecule has 12 aromatic rings. The van der Waals surface area contributed by atoms with Gasteiger partial charge in [0.1, 0.15) is 34.8 Å². The number of aromatic nitrogens is 16. The predicted octanol–water partition coefficient (Wildman–Crippen LogP) is 11.1. The Hall–Kier alpha value is -12.5. The molecule has 4 aromatic carbocycles. The van der Waals surface area contributed by atoms with Crippen LogP contribution in [0, 0.1) is 61.2 Å². The number of anilines is 4. The van der Waals surface area contributed by atoms with Gasteiger partial charge in [-0.3, -0.25) is 58.3 Å². The number of hydrogen-bond acceptors (Lipinski definition) is 18. The summed E-state index contributed by atoms with van der Waals surface area (Å²) in [5, 5.41) is 29.0. The first-order valence-corrected chi connectivity index (χ1v) is 35.0. The average Bonchev–Trinajstić information content (AvgIpc) is 1.60. The lowest BCUT2D eigenvalue weighted by Crippen LogP contribution is -2.22. The molecule has 0 atom stereocenters. The lowest BCUT2D eigenvalue weighted by Gasteiger charge is -2.11. The first-order chi connectivity index (χ1) is 50.7. The van der Waals surface area contributed by atoms with Gasteiger partial charge in [-0.05, 0) is 148 Å². The minimum absolute atomic E-state index is 0.0862. The van der Waals surface area contributed by atoms with Crippen molar-refractivity contribution in [3.63, 3.8) is 0 Å². The summed E-state index contributed by atoms with van der Waals surface area (Å²) in [5.41, 5.74) is 8.06. The number of hydrogen-bond donors (Lipinski definition) is 8. The molecule has 0 bridgehead atoms. The van der Waals surface area contributed by atoms with Gasteiger partial charge in [0.25, 0.3) is 45.9 Å². The van der Waals surface area contributed by atoms with Gasteiger partial charge in [-0.15, -0.1) is 11.8 Å². The third-order valence-electron chi connectivity index (χ3n) is 16.3. The van der Waals surface area contributed by atoms with Crippen molar-refractivity contribution in [2.24, 2.45) is 0 Å². The van der Waals surface area contributed by atoms with Gasteiger partial charge in [0.2, 0.25) is 23.8 Å². The van der Waals surface area contributed by atoms with E-state index in [9.17, 15) is 42.7 Å². The second kappa shape index (κ2) is 34.6. The zero-order valence-electron chi connectivity index (χ0n) is 60.6. The maximum atomic E-state index is 13.8. The van der Waals surface area contributed by atoms with Crippen LogP contribution in [0.3, 0.4) is 0 Å². The van der Waals surface area contributed by atoms with Gasteiger partial charge in [-0.1, -0.05) is 75.7 Å². The van der Waals surface area contributed by atoms with Crippen LogP contribution in [0.2, 0.25) is 5.02 Å². The van der Waals surface area contributed by atoms with E-state index in [1.54, 1.807) is 133 Å². The number of aromatic amines is 4. The van der Waals surface area contributed by atoms with Crippen molar-refractivity contribution in [2.75, 3.05) is 34.6 Å². The number of amides is 4. The summed E-state index contributed by atoms with van der Waals surface area (Å²) in [7, 11) is 1.51. The highest BCUT2D eigenvalue weighted by atomic mass is 35.5. The highest BCUT2D eigenvalue weighted by molar-refractivity contribution is 7.98. The summed E-state index contributed by atoms with van der Waals surface area (Å²) in [5.74, 6) is 0.842. The Labute approximate surface area is 615 Å².